The molecular formula is C8H12N2. The Bertz CT molecular complexity index is 138. The Morgan fingerprint density at radius 3 is 2.30 bits per heavy atom. The van der Waals surface area contributed by atoms with E-state index in [1.807, 2.05) is 26.0 Å². The van der Waals surface area contributed by atoms with Crippen LogP contribution in [0.1, 0.15) is 13.8 Å². The van der Waals surface area contributed by atoms with Gasteiger partial charge in [0.05, 0.1) is 5.70 Å². The second kappa shape index (κ2) is 10.6. The first-order valence-electron chi connectivity index (χ1n) is 2.87. The summed E-state index contributed by atoms with van der Waals surface area (Å²) in [4.78, 5) is 3.91. The summed E-state index contributed by atoms with van der Waals surface area (Å²) in [6.45, 7) is 11.0. The predicted molar refractivity (Wildman–Crippen MR) is 44.8 cm³/mol. The molecule has 0 bridgehead atoms. The van der Waals surface area contributed by atoms with Gasteiger partial charge in [-0.25, -0.2) is 5.26 Å². The highest BCUT2D eigenvalue weighted by Gasteiger charge is 1.72. The van der Waals surface area contributed by atoms with Crippen LogP contribution in [-0.2, 0) is 0 Å². The number of rotatable bonds is 2. The van der Waals surface area contributed by atoms with Crippen molar-refractivity contribution in [3.63, 3.8) is 0 Å². The lowest BCUT2D eigenvalue weighted by molar-refractivity contribution is 1.43. The minimum atomic E-state index is 0.801. The first-order chi connectivity index (χ1) is 4.81. The molecule has 54 valence electrons. The third-order valence-electron chi connectivity index (χ3n) is 0.654. The van der Waals surface area contributed by atoms with Crippen molar-refractivity contribution in [3.05, 3.63) is 24.4 Å². The molecule has 0 atom stereocenters. The molecule has 0 aromatic heterocycles. The Morgan fingerprint density at radius 1 is 1.50 bits per heavy atom. The zero-order valence-corrected chi connectivity index (χ0v) is 6.41. The van der Waals surface area contributed by atoms with E-state index < -0.39 is 0 Å². The number of allylic oxidation sites excluding steroid dienone is 2. The van der Waals surface area contributed by atoms with Crippen molar-refractivity contribution >= 4 is 6.21 Å². The molecule has 0 heterocycles. The van der Waals surface area contributed by atoms with Crippen molar-refractivity contribution in [2.24, 2.45) is 4.99 Å². The third kappa shape index (κ3) is 9.81. The van der Waals surface area contributed by atoms with E-state index in [1.54, 1.807) is 6.21 Å². The van der Waals surface area contributed by atoms with Crippen LogP contribution in [0.4, 0.5) is 0 Å². The summed E-state index contributed by atoms with van der Waals surface area (Å²) in [7, 11) is 0. The van der Waals surface area contributed by atoms with Crippen molar-refractivity contribution in [1.29, 1.82) is 5.26 Å². The second-order valence-corrected chi connectivity index (χ2v) is 1.38. The van der Waals surface area contributed by atoms with Crippen molar-refractivity contribution in [2.75, 3.05) is 0 Å². The molecule has 0 radical (unpaired) electrons. The van der Waals surface area contributed by atoms with Crippen LogP contribution in [0, 0.1) is 11.8 Å². The summed E-state index contributed by atoms with van der Waals surface area (Å²) in [5, 5.41) is 6.50. The van der Waals surface area contributed by atoms with Crippen LogP contribution in [0.15, 0.2) is 29.4 Å². The van der Waals surface area contributed by atoms with Crippen LogP contribution < -0.4 is 0 Å². The highest BCUT2D eigenvalue weighted by Crippen LogP contribution is 1.91. The average Bonchev–Trinajstić information content (AvgIpc) is 1.93. The molecule has 0 fully saturated rings. The van der Waals surface area contributed by atoms with Crippen LogP contribution in [0.2, 0.25) is 0 Å². The molecule has 0 unspecified atom stereocenters. The van der Waals surface area contributed by atoms with Crippen molar-refractivity contribution < 1.29 is 0 Å². The van der Waals surface area contributed by atoms with Gasteiger partial charge in [0, 0.05) is 12.8 Å². The third-order valence-corrected chi connectivity index (χ3v) is 0.654. The van der Waals surface area contributed by atoms with Gasteiger partial charge < -0.3 is 0 Å². The molecule has 2 heteroatoms. The van der Waals surface area contributed by atoms with E-state index in [2.05, 4.69) is 18.1 Å². The summed E-state index contributed by atoms with van der Waals surface area (Å²) in [5.41, 5.74) is 0.801. The Morgan fingerprint density at radius 2 is 2.00 bits per heavy atom. The molecule has 10 heavy (non-hydrogen) atoms. The second-order valence-electron chi connectivity index (χ2n) is 1.38. The summed E-state index contributed by atoms with van der Waals surface area (Å²) in [6, 6.07) is 0. The zero-order valence-electron chi connectivity index (χ0n) is 6.41. The molecule has 0 saturated carbocycles. The highest BCUT2D eigenvalue weighted by atomic mass is 14.7. The lowest BCUT2D eigenvalue weighted by atomic mass is 10.4. The van der Waals surface area contributed by atoms with E-state index in [9.17, 15) is 0 Å². The molecule has 0 aliphatic carbocycles. The maximum absolute atomic E-state index is 6.50. The van der Waals surface area contributed by atoms with E-state index in [-0.39, 0.29) is 0 Å². The van der Waals surface area contributed by atoms with Gasteiger partial charge in [0.25, 0.3) is 0 Å². The quantitative estimate of drug-likeness (QED) is 0.424. The maximum atomic E-state index is 6.50. The number of nitriles is 1. The fraction of sp³-hybridized carbons (Fsp3) is 0.250. The predicted octanol–water partition coefficient (Wildman–Crippen LogP) is 2.31. The monoisotopic (exact) mass is 136 g/mol. The van der Waals surface area contributed by atoms with E-state index in [1.165, 1.54) is 0 Å². The van der Waals surface area contributed by atoms with Gasteiger partial charge >= 0.3 is 0 Å². The summed E-state index contributed by atoms with van der Waals surface area (Å²) in [5.74, 6) is 0. The van der Waals surface area contributed by atoms with Gasteiger partial charge in [-0.15, -0.1) is 0 Å². The standard InChI is InChI=1S/C7H11N.CHN/c1-4-6-7(3)8-5-2;1-2/h4-6H,3H2,1-2H3;1H/b6-4-,8-5?;. The van der Waals surface area contributed by atoms with E-state index in [0.29, 0.717) is 0 Å². The molecule has 0 aliphatic rings. The molecular weight excluding hydrogens is 124 g/mol. The Hall–Kier alpha value is -1.36. The lowest BCUT2D eigenvalue weighted by Gasteiger charge is -1.82. The highest BCUT2D eigenvalue weighted by molar-refractivity contribution is 5.55. The minimum Gasteiger partial charge on any atom is -0.262 e. The largest absolute Gasteiger partial charge is 0.262 e. The van der Waals surface area contributed by atoms with Gasteiger partial charge in [-0.1, -0.05) is 12.7 Å². The van der Waals surface area contributed by atoms with Gasteiger partial charge in [-0.2, -0.15) is 0 Å². The fourth-order valence-electron chi connectivity index (χ4n) is 0.401. The smallest absolute Gasteiger partial charge is 0.0550 e. The summed E-state index contributed by atoms with van der Waals surface area (Å²) >= 11 is 0. The first-order valence-corrected chi connectivity index (χ1v) is 2.87. The van der Waals surface area contributed by atoms with Crippen molar-refractivity contribution in [3.8, 4) is 6.57 Å². The summed E-state index contributed by atoms with van der Waals surface area (Å²) < 4.78 is 0. The van der Waals surface area contributed by atoms with Crippen LogP contribution >= 0.6 is 0 Å². The molecule has 0 rings (SSSR count). The lowest BCUT2D eigenvalue weighted by Crippen LogP contribution is -1.65. The van der Waals surface area contributed by atoms with Gasteiger partial charge in [-0.3, -0.25) is 4.99 Å². The normalized spacial score (nSPS) is 9.20. The van der Waals surface area contributed by atoms with E-state index in [0.717, 1.165) is 5.70 Å². The molecule has 0 amide bonds. The van der Waals surface area contributed by atoms with Crippen LogP contribution in [0.25, 0.3) is 0 Å². The van der Waals surface area contributed by atoms with Gasteiger partial charge in [0.1, 0.15) is 0 Å². The average molecular weight is 136 g/mol. The van der Waals surface area contributed by atoms with Gasteiger partial charge in [0.15, 0.2) is 0 Å². The SMILES string of the molecule is C#N.C=C(/C=C\C)N=CC. The van der Waals surface area contributed by atoms with Crippen molar-refractivity contribution in [1.82, 2.24) is 0 Å². The molecule has 0 aromatic carbocycles. The van der Waals surface area contributed by atoms with E-state index in [4.69, 9.17) is 5.26 Å². The molecule has 0 N–H and O–H groups in total. The first kappa shape index (κ1) is 11.4. The topological polar surface area (TPSA) is 36.1 Å². The number of nitrogens with zero attached hydrogens (tertiary/aromatic N) is 2. The number of hydrogen-bond acceptors (Lipinski definition) is 2. The van der Waals surface area contributed by atoms with Crippen LogP contribution in [0.3, 0.4) is 0 Å². The molecule has 0 spiro atoms. The minimum absolute atomic E-state index is 0.801. The van der Waals surface area contributed by atoms with Crippen LogP contribution in [-0.4, -0.2) is 6.21 Å². The molecule has 0 saturated heterocycles. The molecule has 2 nitrogen and oxygen atoms in total. The number of aliphatic imine (C=N–C) groups is 1. The van der Waals surface area contributed by atoms with Gasteiger partial charge in [0.2, 0.25) is 0 Å². The summed E-state index contributed by atoms with van der Waals surface area (Å²) in [6.07, 6.45) is 5.50. The fourth-order valence-corrected chi connectivity index (χ4v) is 0.401. The van der Waals surface area contributed by atoms with Crippen molar-refractivity contribution in [2.45, 2.75) is 13.8 Å². The van der Waals surface area contributed by atoms with Crippen LogP contribution in [0.5, 0.6) is 0 Å². The van der Waals surface area contributed by atoms with E-state index >= 15 is 0 Å². The molecule has 0 aliphatic heterocycles. The Balaban J connectivity index is 0. The maximum Gasteiger partial charge on any atom is 0.0550 e. The number of hydrogen-bond donors (Lipinski definition) is 0. The van der Waals surface area contributed by atoms with Gasteiger partial charge in [-0.05, 0) is 19.9 Å². The Kier molecular flexibility index (Phi) is 12.1. The molecule has 0 aromatic rings. The zero-order chi connectivity index (χ0) is 8.41. The Labute approximate surface area is 62.2 Å².